The largest absolute Gasteiger partial charge is 0.444 e. The predicted octanol–water partition coefficient (Wildman–Crippen LogP) is 4.86. The van der Waals surface area contributed by atoms with Crippen molar-refractivity contribution >= 4 is 18.0 Å². The van der Waals surface area contributed by atoms with E-state index in [1.165, 1.54) is 6.42 Å². The van der Waals surface area contributed by atoms with Gasteiger partial charge < -0.3 is 14.4 Å². The minimum absolute atomic E-state index is 0.250. The van der Waals surface area contributed by atoms with E-state index in [4.69, 9.17) is 14.5 Å². The van der Waals surface area contributed by atoms with Gasteiger partial charge in [-0.15, -0.1) is 0 Å². The molecule has 2 saturated heterocycles. The van der Waals surface area contributed by atoms with E-state index in [-0.39, 0.29) is 23.7 Å². The Balaban J connectivity index is 1.40. The highest BCUT2D eigenvalue weighted by Crippen LogP contribution is 2.38. The van der Waals surface area contributed by atoms with E-state index in [9.17, 15) is 9.59 Å². The quantitative estimate of drug-likeness (QED) is 0.690. The van der Waals surface area contributed by atoms with Crippen LogP contribution in [-0.4, -0.2) is 52.9 Å². The minimum Gasteiger partial charge on any atom is -0.444 e. The van der Waals surface area contributed by atoms with E-state index in [0.717, 1.165) is 44.2 Å². The maximum atomic E-state index is 12.6. The fourth-order valence-corrected chi connectivity index (χ4v) is 4.76. The van der Waals surface area contributed by atoms with Gasteiger partial charge in [-0.2, -0.15) is 0 Å². The van der Waals surface area contributed by atoms with Gasteiger partial charge in [0.25, 0.3) is 0 Å². The lowest BCUT2D eigenvalue weighted by Gasteiger charge is -2.33. The summed E-state index contributed by atoms with van der Waals surface area (Å²) < 4.78 is 11.3. The summed E-state index contributed by atoms with van der Waals surface area (Å²) in [5.41, 5.74) is 0.170. The van der Waals surface area contributed by atoms with Crippen molar-refractivity contribution in [2.75, 3.05) is 24.5 Å². The van der Waals surface area contributed by atoms with Crippen molar-refractivity contribution in [2.24, 2.45) is 0 Å². The number of pyridine rings is 1. The number of ether oxygens (including phenoxy) is 2. The standard InChI is InChI=1S/C23H33N3O4/c1-22(2,3)29-20(27)25-14-10-17(11-15-25)18-8-7-9-19(24-18)26-16-23(30-21(26)28)12-5-4-6-13-23/h7-9,17H,4-6,10-16H2,1-3H3. The van der Waals surface area contributed by atoms with Gasteiger partial charge in [-0.05, 0) is 71.4 Å². The highest BCUT2D eigenvalue weighted by Gasteiger charge is 2.46. The normalized spacial score (nSPS) is 22.3. The Bertz CT molecular complexity index is 790. The van der Waals surface area contributed by atoms with Gasteiger partial charge in [-0.3, -0.25) is 4.90 Å². The molecule has 0 bridgehead atoms. The molecule has 1 saturated carbocycles. The molecule has 0 atom stereocenters. The van der Waals surface area contributed by atoms with Crippen LogP contribution in [0.3, 0.4) is 0 Å². The Hall–Kier alpha value is -2.31. The van der Waals surface area contributed by atoms with Crippen molar-refractivity contribution in [3.63, 3.8) is 0 Å². The van der Waals surface area contributed by atoms with Crippen LogP contribution in [0.2, 0.25) is 0 Å². The van der Waals surface area contributed by atoms with Gasteiger partial charge in [0.05, 0.1) is 6.54 Å². The monoisotopic (exact) mass is 415 g/mol. The first-order valence-electron chi connectivity index (χ1n) is 11.2. The van der Waals surface area contributed by atoms with Crippen LogP contribution in [0, 0.1) is 0 Å². The van der Waals surface area contributed by atoms with Crippen LogP contribution in [0.4, 0.5) is 15.4 Å². The summed E-state index contributed by atoms with van der Waals surface area (Å²) in [4.78, 5) is 33.2. The zero-order valence-electron chi connectivity index (χ0n) is 18.4. The molecule has 7 nitrogen and oxygen atoms in total. The Morgan fingerprint density at radius 2 is 1.87 bits per heavy atom. The molecule has 164 valence electrons. The number of nitrogens with zero attached hydrogens (tertiary/aromatic N) is 3. The molecule has 3 fully saturated rings. The molecule has 1 aliphatic carbocycles. The molecule has 3 heterocycles. The Labute approximate surface area is 178 Å². The van der Waals surface area contributed by atoms with E-state index < -0.39 is 5.60 Å². The summed E-state index contributed by atoms with van der Waals surface area (Å²) >= 11 is 0. The van der Waals surface area contributed by atoms with Gasteiger partial charge in [0.2, 0.25) is 0 Å². The Morgan fingerprint density at radius 1 is 1.17 bits per heavy atom. The van der Waals surface area contributed by atoms with Crippen LogP contribution >= 0.6 is 0 Å². The van der Waals surface area contributed by atoms with Gasteiger partial charge >= 0.3 is 12.2 Å². The van der Waals surface area contributed by atoms with Gasteiger partial charge in [0, 0.05) is 24.7 Å². The predicted molar refractivity (Wildman–Crippen MR) is 114 cm³/mol. The number of likely N-dealkylation sites (tertiary alicyclic amines) is 1. The zero-order chi connectivity index (χ0) is 21.4. The van der Waals surface area contributed by atoms with Crippen LogP contribution in [0.15, 0.2) is 18.2 Å². The first kappa shape index (κ1) is 20.9. The second-order valence-corrected chi connectivity index (χ2v) is 9.86. The molecular weight excluding hydrogens is 382 g/mol. The number of piperidine rings is 1. The molecule has 7 heteroatoms. The molecule has 2 aliphatic heterocycles. The lowest BCUT2D eigenvalue weighted by molar-refractivity contribution is 0.0203. The minimum atomic E-state index is -0.482. The van der Waals surface area contributed by atoms with Crippen LogP contribution in [-0.2, 0) is 9.47 Å². The molecule has 4 rings (SSSR count). The fraction of sp³-hybridized carbons (Fsp3) is 0.696. The van der Waals surface area contributed by atoms with Crippen LogP contribution in [0.25, 0.3) is 0 Å². The molecule has 0 unspecified atom stereocenters. The van der Waals surface area contributed by atoms with Crippen molar-refractivity contribution in [3.05, 3.63) is 23.9 Å². The zero-order valence-corrected chi connectivity index (χ0v) is 18.4. The lowest BCUT2D eigenvalue weighted by atomic mass is 9.85. The maximum Gasteiger partial charge on any atom is 0.416 e. The van der Waals surface area contributed by atoms with Crippen molar-refractivity contribution < 1.29 is 19.1 Å². The summed E-state index contributed by atoms with van der Waals surface area (Å²) in [7, 11) is 0. The van der Waals surface area contributed by atoms with E-state index in [1.807, 2.05) is 39.0 Å². The lowest BCUT2D eigenvalue weighted by Crippen LogP contribution is -2.41. The highest BCUT2D eigenvalue weighted by molar-refractivity contribution is 5.89. The second-order valence-electron chi connectivity index (χ2n) is 9.86. The topological polar surface area (TPSA) is 72.0 Å². The molecule has 0 N–H and O–H groups in total. The third kappa shape index (κ3) is 4.55. The average molecular weight is 416 g/mol. The molecule has 0 radical (unpaired) electrons. The van der Waals surface area contributed by atoms with Crippen molar-refractivity contribution in [1.82, 2.24) is 9.88 Å². The molecule has 1 aromatic rings. The van der Waals surface area contributed by atoms with E-state index in [0.29, 0.717) is 25.5 Å². The molecular formula is C23H33N3O4. The van der Waals surface area contributed by atoms with E-state index in [2.05, 4.69) is 0 Å². The summed E-state index contributed by atoms with van der Waals surface area (Å²) in [6, 6.07) is 5.88. The molecule has 30 heavy (non-hydrogen) atoms. The SMILES string of the molecule is CC(C)(C)OC(=O)N1CCC(c2cccc(N3CC4(CCCCC4)OC3=O)n2)CC1. The number of rotatable bonds is 2. The first-order chi connectivity index (χ1) is 14.2. The number of aromatic nitrogens is 1. The smallest absolute Gasteiger partial charge is 0.416 e. The number of anilines is 1. The number of carbonyl (C=O) groups is 2. The van der Waals surface area contributed by atoms with Gasteiger partial charge in [-0.25, -0.2) is 14.6 Å². The Morgan fingerprint density at radius 3 is 2.53 bits per heavy atom. The maximum absolute atomic E-state index is 12.6. The van der Waals surface area contributed by atoms with Crippen LogP contribution in [0.5, 0.6) is 0 Å². The van der Waals surface area contributed by atoms with Crippen molar-refractivity contribution in [3.8, 4) is 0 Å². The van der Waals surface area contributed by atoms with Crippen LogP contribution in [0.1, 0.15) is 77.3 Å². The van der Waals surface area contributed by atoms with Gasteiger partial charge in [-0.1, -0.05) is 12.5 Å². The third-order valence-corrected chi connectivity index (χ3v) is 6.33. The molecule has 2 amide bonds. The number of amides is 2. The Kier molecular flexibility index (Phi) is 5.64. The molecule has 1 spiro atoms. The number of hydrogen-bond donors (Lipinski definition) is 0. The average Bonchev–Trinajstić information content (AvgIpc) is 3.03. The third-order valence-electron chi connectivity index (χ3n) is 6.33. The molecule has 1 aromatic heterocycles. The van der Waals surface area contributed by atoms with Crippen LogP contribution < -0.4 is 4.90 Å². The first-order valence-corrected chi connectivity index (χ1v) is 11.2. The van der Waals surface area contributed by atoms with Crippen molar-refractivity contribution in [1.29, 1.82) is 0 Å². The van der Waals surface area contributed by atoms with E-state index >= 15 is 0 Å². The van der Waals surface area contributed by atoms with Gasteiger partial charge in [0.15, 0.2) is 0 Å². The number of hydrogen-bond acceptors (Lipinski definition) is 5. The van der Waals surface area contributed by atoms with E-state index in [1.54, 1.807) is 9.80 Å². The summed E-state index contributed by atoms with van der Waals surface area (Å²) in [5, 5.41) is 0. The fourth-order valence-electron chi connectivity index (χ4n) is 4.76. The summed E-state index contributed by atoms with van der Waals surface area (Å²) in [5.74, 6) is 0.945. The highest BCUT2D eigenvalue weighted by atomic mass is 16.6. The summed E-state index contributed by atoms with van der Waals surface area (Å²) in [6.45, 7) is 7.55. The van der Waals surface area contributed by atoms with Gasteiger partial charge in [0.1, 0.15) is 17.0 Å². The molecule has 3 aliphatic rings. The van der Waals surface area contributed by atoms with Crippen molar-refractivity contribution in [2.45, 2.75) is 82.8 Å². The summed E-state index contributed by atoms with van der Waals surface area (Å²) in [6.07, 6.45) is 6.48. The molecule has 0 aromatic carbocycles. The second kappa shape index (κ2) is 8.08. The number of carbonyl (C=O) groups excluding carboxylic acids is 2.